The van der Waals surface area contributed by atoms with E-state index in [0.717, 1.165) is 12.0 Å². The van der Waals surface area contributed by atoms with Gasteiger partial charge in [-0.25, -0.2) is 17.5 Å². The van der Waals surface area contributed by atoms with Crippen molar-refractivity contribution in [2.75, 3.05) is 20.2 Å². The van der Waals surface area contributed by atoms with Gasteiger partial charge in [0.2, 0.25) is 10.0 Å². The molecular formula is C19H23NO4S. The number of carbonyl (C=O) groups is 1. The number of carbonyl (C=O) groups excluding carboxylic acids is 1. The number of likely N-dealkylation sites (N-methyl/N-ethyl adjacent to an activating group) is 1. The van der Waals surface area contributed by atoms with Crippen LogP contribution in [0.15, 0.2) is 59.5 Å². The van der Waals surface area contributed by atoms with Crippen LogP contribution in [0.3, 0.4) is 0 Å². The van der Waals surface area contributed by atoms with E-state index >= 15 is 0 Å². The molecule has 0 aromatic heterocycles. The summed E-state index contributed by atoms with van der Waals surface area (Å²) in [5.41, 5.74) is 1.43. The summed E-state index contributed by atoms with van der Waals surface area (Å²) in [6.45, 7) is 2.64. The number of benzene rings is 2. The Morgan fingerprint density at radius 1 is 1.04 bits per heavy atom. The number of rotatable bonds is 8. The lowest BCUT2D eigenvalue weighted by Crippen LogP contribution is -2.29. The maximum atomic E-state index is 12.6. The third-order valence-corrected chi connectivity index (χ3v) is 5.66. The largest absolute Gasteiger partial charge is 0.462 e. The van der Waals surface area contributed by atoms with Gasteiger partial charge in [-0.1, -0.05) is 37.3 Å². The molecule has 2 aromatic rings. The van der Waals surface area contributed by atoms with Crippen LogP contribution in [0.4, 0.5) is 0 Å². The first kappa shape index (κ1) is 19.1. The molecule has 6 heteroatoms. The lowest BCUT2D eigenvalue weighted by Gasteiger charge is -2.17. The van der Waals surface area contributed by atoms with Gasteiger partial charge in [0.05, 0.1) is 17.1 Å². The number of sulfonamides is 1. The lowest BCUT2D eigenvalue weighted by molar-refractivity contribution is 0.0505. The Hall–Kier alpha value is -2.18. The van der Waals surface area contributed by atoms with Crippen molar-refractivity contribution in [1.82, 2.24) is 4.31 Å². The Morgan fingerprint density at radius 3 is 2.28 bits per heavy atom. The summed E-state index contributed by atoms with van der Waals surface area (Å²) in [6.07, 6.45) is 1.38. The molecule has 0 heterocycles. The average Bonchev–Trinajstić information content (AvgIpc) is 2.65. The van der Waals surface area contributed by atoms with Gasteiger partial charge in [0, 0.05) is 13.6 Å². The van der Waals surface area contributed by atoms with Crippen molar-refractivity contribution in [2.24, 2.45) is 0 Å². The van der Waals surface area contributed by atoms with E-state index in [0.29, 0.717) is 25.1 Å². The summed E-state index contributed by atoms with van der Waals surface area (Å²) >= 11 is 0. The number of nitrogens with zero attached hydrogens (tertiary/aromatic N) is 1. The smallest absolute Gasteiger partial charge is 0.338 e. The minimum atomic E-state index is -3.59. The van der Waals surface area contributed by atoms with E-state index in [4.69, 9.17) is 4.74 Å². The molecule has 5 nitrogen and oxygen atoms in total. The van der Waals surface area contributed by atoms with Gasteiger partial charge in [-0.15, -0.1) is 0 Å². The minimum Gasteiger partial charge on any atom is -0.462 e. The minimum absolute atomic E-state index is 0.162. The zero-order chi connectivity index (χ0) is 18.3. The lowest BCUT2D eigenvalue weighted by atomic mass is 10.2. The van der Waals surface area contributed by atoms with Crippen molar-refractivity contribution in [3.63, 3.8) is 0 Å². The normalized spacial score (nSPS) is 11.5. The van der Waals surface area contributed by atoms with Gasteiger partial charge in [-0.3, -0.25) is 0 Å². The maximum Gasteiger partial charge on any atom is 0.338 e. The number of esters is 1. The molecule has 2 rings (SSSR count). The molecule has 0 N–H and O–H groups in total. The van der Waals surface area contributed by atoms with E-state index in [1.165, 1.54) is 28.6 Å². The van der Waals surface area contributed by atoms with Crippen molar-refractivity contribution >= 4 is 16.0 Å². The summed E-state index contributed by atoms with van der Waals surface area (Å²) < 4.78 is 31.6. The van der Waals surface area contributed by atoms with Crippen LogP contribution in [0, 0.1) is 0 Å². The molecular weight excluding hydrogens is 338 g/mol. The average molecular weight is 361 g/mol. The summed E-state index contributed by atoms with van der Waals surface area (Å²) in [7, 11) is -2.03. The van der Waals surface area contributed by atoms with Crippen LogP contribution >= 0.6 is 0 Å². The SMILES string of the molecule is CCCOC(=O)c1ccc(S(=O)(=O)N(C)CCc2ccccc2)cc1. The van der Waals surface area contributed by atoms with E-state index in [1.807, 2.05) is 37.3 Å². The fourth-order valence-electron chi connectivity index (χ4n) is 2.27. The van der Waals surface area contributed by atoms with E-state index in [2.05, 4.69) is 0 Å². The van der Waals surface area contributed by atoms with Gasteiger partial charge >= 0.3 is 5.97 Å². The van der Waals surface area contributed by atoms with Crippen molar-refractivity contribution in [3.05, 3.63) is 65.7 Å². The molecule has 0 aliphatic rings. The van der Waals surface area contributed by atoms with E-state index in [1.54, 1.807) is 7.05 Å². The van der Waals surface area contributed by atoms with Crippen molar-refractivity contribution < 1.29 is 17.9 Å². The van der Waals surface area contributed by atoms with E-state index < -0.39 is 16.0 Å². The van der Waals surface area contributed by atoms with Gasteiger partial charge < -0.3 is 4.74 Å². The number of ether oxygens (including phenoxy) is 1. The fraction of sp³-hybridized carbons (Fsp3) is 0.316. The molecule has 0 spiro atoms. The van der Waals surface area contributed by atoms with Crippen LogP contribution in [0.2, 0.25) is 0 Å². The maximum absolute atomic E-state index is 12.6. The van der Waals surface area contributed by atoms with E-state index in [-0.39, 0.29) is 4.90 Å². The summed E-state index contributed by atoms with van der Waals surface area (Å²) in [5.74, 6) is -0.441. The third-order valence-electron chi connectivity index (χ3n) is 3.79. The monoisotopic (exact) mass is 361 g/mol. The number of hydrogen-bond donors (Lipinski definition) is 0. The highest BCUT2D eigenvalue weighted by Crippen LogP contribution is 2.16. The topological polar surface area (TPSA) is 63.7 Å². The summed E-state index contributed by atoms with van der Waals surface area (Å²) in [6, 6.07) is 15.6. The first-order valence-corrected chi connectivity index (χ1v) is 9.66. The molecule has 0 saturated heterocycles. The third kappa shape index (κ3) is 5.14. The van der Waals surface area contributed by atoms with Gasteiger partial charge in [-0.2, -0.15) is 0 Å². The van der Waals surface area contributed by atoms with E-state index in [9.17, 15) is 13.2 Å². The van der Waals surface area contributed by atoms with Gasteiger partial charge in [0.25, 0.3) is 0 Å². The second kappa shape index (κ2) is 8.78. The Labute approximate surface area is 149 Å². The molecule has 0 amide bonds. The predicted octanol–water partition coefficient (Wildman–Crippen LogP) is 3.12. The second-order valence-electron chi connectivity index (χ2n) is 5.72. The summed E-state index contributed by atoms with van der Waals surface area (Å²) in [4.78, 5) is 11.9. The highest BCUT2D eigenvalue weighted by molar-refractivity contribution is 7.89. The van der Waals surface area contributed by atoms with Gasteiger partial charge in [0.1, 0.15) is 0 Å². The quantitative estimate of drug-likeness (QED) is 0.678. The molecule has 0 fully saturated rings. The van der Waals surface area contributed by atoms with Crippen LogP contribution in [0.1, 0.15) is 29.3 Å². The Kier molecular flexibility index (Phi) is 6.73. The molecule has 0 aliphatic carbocycles. The summed E-state index contributed by atoms with van der Waals surface area (Å²) in [5, 5.41) is 0. The highest BCUT2D eigenvalue weighted by Gasteiger charge is 2.21. The Morgan fingerprint density at radius 2 is 1.68 bits per heavy atom. The van der Waals surface area contributed by atoms with Crippen molar-refractivity contribution in [2.45, 2.75) is 24.7 Å². The van der Waals surface area contributed by atoms with Gasteiger partial charge in [-0.05, 0) is 42.7 Å². The molecule has 0 saturated carbocycles. The predicted molar refractivity (Wildman–Crippen MR) is 97.0 cm³/mol. The van der Waals surface area contributed by atoms with Crippen LogP contribution in [0.5, 0.6) is 0 Å². The number of hydrogen-bond acceptors (Lipinski definition) is 4. The van der Waals surface area contributed by atoms with Crippen LogP contribution < -0.4 is 0 Å². The molecule has 25 heavy (non-hydrogen) atoms. The second-order valence-corrected chi connectivity index (χ2v) is 7.77. The van der Waals surface area contributed by atoms with Gasteiger partial charge in [0.15, 0.2) is 0 Å². The molecule has 2 aromatic carbocycles. The molecule has 0 radical (unpaired) electrons. The molecule has 0 bridgehead atoms. The molecule has 134 valence electrons. The van der Waals surface area contributed by atoms with Crippen molar-refractivity contribution in [1.29, 1.82) is 0 Å². The van der Waals surface area contributed by atoms with Crippen LogP contribution in [0.25, 0.3) is 0 Å². The molecule has 0 unspecified atom stereocenters. The first-order valence-electron chi connectivity index (χ1n) is 8.22. The van der Waals surface area contributed by atoms with Crippen molar-refractivity contribution in [3.8, 4) is 0 Å². The fourth-order valence-corrected chi connectivity index (χ4v) is 3.44. The standard InChI is InChI=1S/C19H23NO4S/c1-3-15-24-19(21)17-9-11-18(12-10-17)25(22,23)20(2)14-13-16-7-5-4-6-8-16/h4-12H,3,13-15H2,1-2H3. The Balaban J connectivity index is 2.04. The first-order chi connectivity index (χ1) is 11.9. The van der Waals surface area contributed by atoms with Crippen LogP contribution in [-0.2, 0) is 21.2 Å². The zero-order valence-corrected chi connectivity index (χ0v) is 15.3. The zero-order valence-electron chi connectivity index (χ0n) is 14.5. The highest BCUT2D eigenvalue weighted by atomic mass is 32.2. The Bertz CT molecular complexity index is 786. The van der Waals surface area contributed by atoms with Crippen LogP contribution in [-0.4, -0.2) is 38.9 Å². The molecule has 0 aliphatic heterocycles. The molecule has 0 atom stereocenters.